The molecule has 1 N–H and O–H groups in total. The minimum Gasteiger partial charge on any atom is -0.292 e. The second kappa shape index (κ2) is 13.4. The Balaban J connectivity index is 0.000000181. The van der Waals surface area contributed by atoms with Crippen molar-refractivity contribution in [1.82, 2.24) is 58.6 Å². The molecule has 0 saturated heterocycles. The van der Waals surface area contributed by atoms with Gasteiger partial charge in [-0.3, -0.25) is 28.3 Å². The van der Waals surface area contributed by atoms with E-state index in [-0.39, 0.29) is 17.5 Å². The summed E-state index contributed by atoms with van der Waals surface area (Å²) in [6.45, 7) is 18.7. The molecule has 0 aliphatic rings. The normalized spacial score (nSPS) is 11.6. The van der Waals surface area contributed by atoms with Gasteiger partial charge in [0.25, 0.3) is 5.56 Å². The van der Waals surface area contributed by atoms with Gasteiger partial charge < -0.3 is 0 Å². The number of H-pyrrole nitrogens is 1. The summed E-state index contributed by atoms with van der Waals surface area (Å²) >= 11 is 0. The highest BCUT2D eigenvalue weighted by molar-refractivity contribution is 5.64. The van der Waals surface area contributed by atoms with Crippen LogP contribution in [0.2, 0.25) is 0 Å². The highest BCUT2D eigenvalue weighted by atomic mass is 16.1. The lowest BCUT2D eigenvalue weighted by Crippen LogP contribution is -2.20. The molecule has 0 spiro atoms. The Morgan fingerprint density at radius 3 is 1.65 bits per heavy atom. The smallest absolute Gasteiger partial charge is 0.256 e. The molecule has 0 radical (unpaired) electrons. The third-order valence-corrected chi connectivity index (χ3v) is 7.51. The Morgan fingerprint density at radius 2 is 1.20 bits per heavy atom. The predicted octanol–water partition coefficient (Wildman–Crippen LogP) is 6.06. The van der Waals surface area contributed by atoms with E-state index in [1.807, 2.05) is 53.3 Å². The van der Waals surface area contributed by atoms with Crippen LogP contribution in [-0.2, 0) is 0 Å². The topological polar surface area (TPSA) is 143 Å². The Morgan fingerprint density at radius 1 is 0.674 bits per heavy atom. The first-order chi connectivity index (χ1) is 21.9. The maximum atomic E-state index is 12.6. The van der Waals surface area contributed by atoms with Gasteiger partial charge in [0.15, 0.2) is 0 Å². The van der Waals surface area contributed by atoms with Gasteiger partial charge in [-0.1, -0.05) is 27.7 Å². The molecular weight excluding hydrogens is 580 g/mol. The lowest BCUT2D eigenvalue weighted by Gasteiger charge is -2.15. The molecule has 6 aromatic rings. The largest absolute Gasteiger partial charge is 0.292 e. The second-order valence-corrected chi connectivity index (χ2v) is 12.4. The fraction of sp³-hybridized carbons (Fsp3) is 0.394. The number of imidazole rings is 2. The standard InChI is InChI=1S/C17H22N6.C16H20N6O/c1-11(2)15-13(5)20-17(22-7-6-18-10-22)21-16(15)14-8-19-23(9-14)12(3)4;1-10(2)13-14(12-7-18-22(8-12)11(3)4)19-16(20-15(13)23)21-6-5-17-9-21/h6-12H,1-5H3;5-11H,1-4H3,(H,19,20,23). The van der Waals surface area contributed by atoms with Gasteiger partial charge in [0.05, 0.1) is 23.8 Å². The summed E-state index contributed by atoms with van der Waals surface area (Å²) in [5.41, 5.74) is 6.16. The maximum Gasteiger partial charge on any atom is 0.256 e. The molecule has 0 bridgehead atoms. The Hall–Kier alpha value is -5.20. The van der Waals surface area contributed by atoms with Crippen molar-refractivity contribution >= 4 is 0 Å². The molecule has 13 nitrogen and oxygen atoms in total. The summed E-state index contributed by atoms with van der Waals surface area (Å²) in [7, 11) is 0. The van der Waals surface area contributed by atoms with Crippen molar-refractivity contribution in [3.63, 3.8) is 0 Å². The molecule has 240 valence electrons. The molecule has 0 aromatic carbocycles. The fourth-order valence-electron chi connectivity index (χ4n) is 5.19. The van der Waals surface area contributed by atoms with E-state index < -0.39 is 0 Å². The number of nitrogens with one attached hydrogen (secondary N) is 1. The number of nitrogens with zero attached hydrogens (tertiary/aromatic N) is 11. The van der Waals surface area contributed by atoms with Gasteiger partial charge in [-0.05, 0) is 46.5 Å². The van der Waals surface area contributed by atoms with E-state index in [1.54, 1.807) is 42.0 Å². The number of aryl methyl sites for hydroxylation is 1. The van der Waals surface area contributed by atoms with Crippen LogP contribution in [0.4, 0.5) is 0 Å². The van der Waals surface area contributed by atoms with Crippen LogP contribution in [0, 0.1) is 6.92 Å². The number of hydrogen-bond donors (Lipinski definition) is 1. The molecule has 6 aromatic heterocycles. The molecule has 0 aliphatic carbocycles. The first-order valence-electron chi connectivity index (χ1n) is 15.5. The van der Waals surface area contributed by atoms with Crippen LogP contribution in [0.15, 0.2) is 67.0 Å². The predicted molar refractivity (Wildman–Crippen MR) is 177 cm³/mol. The van der Waals surface area contributed by atoms with Gasteiger partial charge in [-0.2, -0.15) is 10.2 Å². The highest BCUT2D eigenvalue weighted by Crippen LogP contribution is 2.30. The minimum absolute atomic E-state index is 0.0560. The quantitative estimate of drug-likeness (QED) is 0.216. The molecule has 0 unspecified atom stereocenters. The van der Waals surface area contributed by atoms with Gasteiger partial charge in [-0.15, -0.1) is 0 Å². The van der Waals surface area contributed by atoms with Crippen LogP contribution < -0.4 is 5.56 Å². The van der Waals surface area contributed by atoms with Crippen molar-refractivity contribution in [2.24, 2.45) is 0 Å². The number of rotatable bonds is 8. The Labute approximate surface area is 268 Å². The number of aromatic amines is 1. The fourth-order valence-corrected chi connectivity index (χ4v) is 5.19. The SMILES string of the molecule is CC(C)c1c(-c2cnn(C(C)C)c2)nc(-n2ccnc2)[nH]c1=O.Cc1nc(-n2ccnc2)nc(-c2cnn(C(C)C)c2)c1C(C)C. The number of hydrogen-bond acceptors (Lipinski definition) is 8. The first kappa shape index (κ1) is 32.2. The molecule has 6 rings (SSSR count). The zero-order chi connectivity index (χ0) is 33.1. The van der Waals surface area contributed by atoms with Crippen molar-refractivity contribution in [3.8, 4) is 34.4 Å². The molecule has 6 heterocycles. The summed E-state index contributed by atoms with van der Waals surface area (Å²) < 4.78 is 7.32. The minimum atomic E-state index is -0.133. The van der Waals surface area contributed by atoms with E-state index in [9.17, 15) is 4.79 Å². The van der Waals surface area contributed by atoms with Gasteiger partial charge in [-0.25, -0.2) is 24.9 Å². The molecule has 0 amide bonds. The van der Waals surface area contributed by atoms with Gasteiger partial charge in [0.2, 0.25) is 11.9 Å². The molecule has 0 aliphatic heterocycles. The molecule has 0 fully saturated rings. The van der Waals surface area contributed by atoms with Crippen molar-refractivity contribution in [1.29, 1.82) is 0 Å². The summed E-state index contributed by atoms with van der Waals surface area (Å²) in [6.07, 6.45) is 17.9. The highest BCUT2D eigenvalue weighted by Gasteiger charge is 2.20. The third-order valence-electron chi connectivity index (χ3n) is 7.51. The van der Waals surface area contributed by atoms with Crippen LogP contribution >= 0.6 is 0 Å². The monoisotopic (exact) mass is 622 g/mol. The summed E-state index contributed by atoms with van der Waals surface area (Å²) in [4.78, 5) is 37.6. The van der Waals surface area contributed by atoms with Crippen molar-refractivity contribution in [2.45, 2.75) is 86.2 Å². The molecule has 0 atom stereocenters. The van der Waals surface area contributed by atoms with Crippen molar-refractivity contribution < 1.29 is 0 Å². The van der Waals surface area contributed by atoms with E-state index in [1.165, 1.54) is 0 Å². The van der Waals surface area contributed by atoms with Crippen LogP contribution in [0.3, 0.4) is 0 Å². The van der Waals surface area contributed by atoms with E-state index in [0.29, 0.717) is 35.1 Å². The number of aromatic nitrogens is 12. The van der Waals surface area contributed by atoms with E-state index in [0.717, 1.165) is 28.1 Å². The molecule has 46 heavy (non-hydrogen) atoms. The van der Waals surface area contributed by atoms with Crippen LogP contribution in [0.5, 0.6) is 0 Å². The average Bonchev–Trinajstić information content (AvgIpc) is 3.83. The summed E-state index contributed by atoms with van der Waals surface area (Å²) in [6, 6.07) is 0.573. The van der Waals surface area contributed by atoms with Gasteiger partial charge in [0, 0.05) is 77.2 Å². The maximum absolute atomic E-state index is 12.6. The Bertz CT molecular complexity index is 1940. The van der Waals surface area contributed by atoms with Crippen molar-refractivity contribution in [3.05, 3.63) is 89.4 Å². The van der Waals surface area contributed by atoms with Crippen LogP contribution in [0.25, 0.3) is 34.4 Å². The summed E-state index contributed by atoms with van der Waals surface area (Å²) in [5, 5.41) is 8.81. The van der Waals surface area contributed by atoms with Gasteiger partial charge in [0.1, 0.15) is 12.7 Å². The van der Waals surface area contributed by atoms with E-state index >= 15 is 0 Å². The van der Waals surface area contributed by atoms with Crippen LogP contribution in [0.1, 0.15) is 96.1 Å². The zero-order valence-corrected chi connectivity index (χ0v) is 27.9. The van der Waals surface area contributed by atoms with Crippen molar-refractivity contribution in [2.75, 3.05) is 0 Å². The second-order valence-electron chi connectivity index (χ2n) is 12.4. The molecule has 0 saturated carbocycles. The zero-order valence-electron chi connectivity index (χ0n) is 27.9. The van der Waals surface area contributed by atoms with E-state index in [4.69, 9.17) is 4.98 Å². The summed E-state index contributed by atoms with van der Waals surface area (Å²) in [5.74, 6) is 1.48. The average molecular weight is 623 g/mol. The lowest BCUT2D eigenvalue weighted by molar-refractivity contribution is 0.532. The van der Waals surface area contributed by atoms with Crippen LogP contribution in [-0.4, -0.2) is 58.6 Å². The molecule has 13 heteroatoms. The van der Waals surface area contributed by atoms with E-state index in [2.05, 4.69) is 82.9 Å². The molecular formula is C33H42N12O. The lowest BCUT2D eigenvalue weighted by atomic mass is 9.97. The first-order valence-corrected chi connectivity index (χ1v) is 15.5. The van der Waals surface area contributed by atoms with Gasteiger partial charge >= 0.3 is 0 Å². The Kier molecular flexibility index (Phi) is 9.40. The third kappa shape index (κ3) is 6.72.